The van der Waals surface area contributed by atoms with Crippen LogP contribution in [0.15, 0.2) is 15.9 Å². The molecule has 0 fully saturated rings. The van der Waals surface area contributed by atoms with E-state index in [0.29, 0.717) is 5.92 Å². The number of anilines is 1. The Bertz CT molecular complexity index is 507. The summed E-state index contributed by atoms with van der Waals surface area (Å²) in [5, 5.41) is 15.9. The maximum atomic E-state index is 4.21. The first kappa shape index (κ1) is 14.0. The summed E-state index contributed by atoms with van der Waals surface area (Å²) in [4.78, 5) is 1.29. The van der Waals surface area contributed by atoms with Crippen LogP contribution in [0.5, 0.6) is 0 Å². The van der Waals surface area contributed by atoms with Crippen LogP contribution in [0.1, 0.15) is 36.7 Å². The van der Waals surface area contributed by atoms with Gasteiger partial charge < -0.3 is 5.32 Å². The fourth-order valence-corrected chi connectivity index (χ4v) is 4.05. The van der Waals surface area contributed by atoms with Crippen LogP contribution >= 0.6 is 38.6 Å². The Kier molecular flexibility index (Phi) is 4.75. The lowest BCUT2D eigenvalue weighted by atomic mass is 10.1. The van der Waals surface area contributed by atoms with Gasteiger partial charge in [0.15, 0.2) is 0 Å². The van der Waals surface area contributed by atoms with E-state index in [0.717, 1.165) is 21.0 Å². The average Bonchev–Trinajstić information content (AvgIpc) is 2.87. The van der Waals surface area contributed by atoms with Crippen molar-refractivity contribution >= 4 is 43.7 Å². The molecule has 0 aliphatic rings. The van der Waals surface area contributed by atoms with E-state index in [1.54, 1.807) is 22.7 Å². The highest BCUT2D eigenvalue weighted by atomic mass is 79.9. The second-order valence-electron chi connectivity index (χ2n) is 4.63. The van der Waals surface area contributed by atoms with Gasteiger partial charge in [0.1, 0.15) is 5.01 Å². The summed E-state index contributed by atoms with van der Waals surface area (Å²) in [6, 6.07) is 2.40. The molecule has 0 spiro atoms. The largest absolute Gasteiger partial charge is 0.353 e. The Morgan fingerprint density at radius 1 is 1.33 bits per heavy atom. The molecule has 2 aromatic rings. The number of aromatic nitrogens is 2. The molecule has 0 aromatic carbocycles. The molecule has 0 aliphatic carbocycles. The maximum absolute atomic E-state index is 4.21. The summed E-state index contributed by atoms with van der Waals surface area (Å²) < 4.78 is 1.13. The summed E-state index contributed by atoms with van der Waals surface area (Å²) in [5.74, 6) is 0.622. The van der Waals surface area contributed by atoms with Crippen molar-refractivity contribution in [3.63, 3.8) is 0 Å². The standard InChI is InChI=1S/C12H16BrN3S2/c1-7(2)4-11-15-16-12(18-11)14-8(3)10-5-9(13)6-17-10/h5-8H,4H2,1-3H3,(H,14,16). The quantitative estimate of drug-likeness (QED) is 0.850. The van der Waals surface area contributed by atoms with E-state index < -0.39 is 0 Å². The SMILES string of the molecule is CC(C)Cc1nnc(NC(C)c2cc(Br)cs2)s1. The molecule has 0 saturated heterocycles. The summed E-state index contributed by atoms with van der Waals surface area (Å²) in [7, 11) is 0. The fourth-order valence-electron chi connectivity index (χ4n) is 1.56. The first-order valence-electron chi connectivity index (χ1n) is 5.87. The van der Waals surface area contributed by atoms with Crippen LogP contribution in [0, 0.1) is 5.92 Å². The van der Waals surface area contributed by atoms with Crippen LogP contribution < -0.4 is 5.32 Å². The average molecular weight is 346 g/mol. The van der Waals surface area contributed by atoms with Gasteiger partial charge in [-0.25, -0.2) is 0 Å². The van der Waals surface area contributed by atoms with Crippen molar-refractivity contribution in [3.8, 4) is 0 Å². The third kappa shape index (κ3) is 3.76. The molecular formula is C12H16BrN3S2. The minimum Gasteiger partial charge on any atom is -0.353 e. The number of hydrogen-bond donors (Lipinski definition) is 1. The molecule has 3 nitrogen and oxygen atoms in total. The topological polar surface area (TPSA) is 37.8 Å². The lowest BCUT2D eigenvalue weighted by Crippen LogP contribution is -2.04. The van der Waals surface area contributed by atoms with Gasteiger partial charge in [0.05, 0.1) is 6.04 Å². The van der Waals surface area contributed by atoms with Crippen molar-refractivity contribution in [2.24, 2.45) is 5.92 Å². The molecule has 2 aromatic heterocycles. The number of halogens is 1. The van der Waals surface area contributed by atoms with Crippen LogP contribution in [0.4, 0.5) is 5.13 Å². The predicted octanol–water partition coefficient (Wildman–Crippen LogP) is 4.73. The molecule has 0 saturated carbocycles. The van der Waals surface area contributed by atoms with Gasteiger partial charge >= 0.3 is 0 Å². The van der Waals surface area contributed by atoms with Crippen molar-refractivity contribution < 1.29 is 0 Å². The molecular weight excluding hydrogens is 330 g/mol. The Morgan fingerprint density at radius 3 is 2.72 bits per heavy atom. The van der Waals surface area contributed by atoms with Crippen LogP contribution in [0.3, 0.4) is 0 Å². The van der Waals surface area contributed by atoms with Crippen molar-refractivity contribution in [1.29, 1.82) is 0 Å². The van der Waals surface area contributed by atoms with Crippen LogP contribution in [-0.2, 0) is 6.42 Å². The number of hydrogen-bond acceptors (Lipinski definition) is 5. The zero-order chi connectivity index (χ0) is 13.1. The highest BCUT2D eigenvalue weighted by Crippen LogP contribution is 2.29. The lowest BCUT2D eigenvalue weighted by Gasteiger charge is -2.09. The molecule has 0 aliphatic heterocycles. The van der Waals surface area contributed by atoms with Crippen molar-refractivity contribution in [1.82, 2.24) is 10.2 Å². The Hall–Kier alpha value is -0.460. The Balaban J connectivity index is 1.98. The number of nitrogens with one attached hydrogen (secondary N) is 1. The van der Waals surface area contributed by atoms with Gasteiger partial charge in [-0.15, -0.1) is 21.5 Å². The van der Waals surface area contributed by atoms with Crippen molar-refractivity contribution in [2.45, 2.75) is 33.2 Å². The van der Waals surface area contributed by atoms with Gasteiger partial charge in [-0.05, 0) is 34.8 Å². The van der Waals surface area contributed by atoms with E-state index in [1.807, 2.05) is 0 Å². The monoisotopic (exact) mass is 345 g/mol. The second-order valence-corrected chi connectivity index (χ2v) is 7.55. The predicted molar refractivity (Wildman–Crippen MR) is 82.5 cm³/mol. The molecule has 0 radical (unpaired) electrons. The van der Waals surface area contributed by atoms with Crippen LogP contribution in [0.25, 0.3) is 0 Å². The molecule has 0 amide bonds. The van der Waals surface area contributed by atoms with Crippen LogP contribution in [0.2, 0.25) is 0 Å². The number of thiophene rings is 1. The van der Waals surface area contributed by atoms with Gasteiger partial charge in [-0.3, -0.25) is 0 Å². The molecule has 1 unspecified atom stereocenters. The fraction of sp³-hybridized carbons (Fsp3) is 0.500. The third-order valence-corrected chi connectivity index (χ3v) is 5.16. The summed E-state index contributed by atoms with van der Waals surface area (Å²) in [6.45, 7) is 6.53. The third-order valence-electron chi connectivity index (χ3n) is 2.40. The Morgan fingerprint density at radius 2 is 2.11 bits per heavy atom. The van der Waals surface area contributed by atoms with Gasteiger partial charge in [0.2, 0.25) is 5.13 Å². The maximum Gasteiger partial charge on any atom is 0.206 e. The van der Waals surface area contributed by atoms with Crippen molar-refractivity contribution in [3.05, 3.63) is 25.8 Å². The minimum absolute atomic E-state index is 0.265. The molecule has 1 atom stereocenters. The van der Waals surface area contributed by atoms with Gasteiger partial charge in [0, 0.05) is 21.2 Å². The van der Waals surface area contributed by atoms with E-state index in [9.17, 15) is 0 Å². The molecule has 98 valence electrons. The molecule has 0 bridgehead atoms. The Labute approximate surface area is 124 Å². The van der Waals surface area contributed by atoms with E-state index in [2.05, 4.69) is 63.7 Å². The molecule has 18 heavy (non-hydrogen) atoms. The molecule has 6 heteroatoms. The van der Waals surface area contributed by atoms with Gasteiger partial charge in [0.25, 0.3) is 0 Å². The van der Waals surface area contributed by atoms with E-state index in [1.165, 1.54) is 4.88 Å². The molecule has 2 heterocycles. The summed E-state index contributed by atoms with van der Waals surface area (Å²) in [5.41, 5.74) is 0. The zero-order valence-corrected chi connectivity index (χ0v) is 13.8. The van der Waals surface area contributed by atoms with Gasteiger partial charge in [-0.2, -0.15) is 0 Å². The highest BCUT2D eigenvalue weighted by Gasteiger charge is 2.11. The second kappa shape index (κ2) is 6.12. The smallest absolute Gasteiger partial charge is 0.206 e. The molecule has 1 N–H and O–H groups in total. The van der Waals surface area contributed by atoms with E-state index in [-0.39, 0.29) is 6.04 Å². The van der Waals surface area contributed by atoms with Crippen molar-refractivity contribution in [2.75, 3.05) is 5.32 Å². The highest BCUT2D eigenvalue weighted by molar-refractivity contribution is 9.10. The zero-order valence-electron chi connectivity index (χ0n) is 10.6. The van der Waals surface area contributed by atoms with E-state index in [4.69, 9.17) is 0 Å². The van der Waals surface area contributed by atoms with Gasteiger partial charge in [-0.1, -0.05) is 25.2 Å². The number of nitrogens with zero attached hydrogens (tertiary/aromatic N) is 2. The normalized spacial score (nSPS) is 12.9. The number of rotatable bonds is 5. The first-order chi connectivity index (χ1) is 8.54. The van der Waals surface area contributed by atoms with Crippen LogP contribution in [-0.4, -0.2) is 10.2 Å². The first-order valence-corrected chi connectivity index (χ1v) is 8.36. The minimum atomic E-state index is 0.265. The lowest BCUT2D eigenvalue weighted by molar-refractivity contribution is 0.640. The summed E-state index contributed by atoms with van der Waals surface area (Å²) >= 11 is 6.87. The molecule has 2 rings (SSSR count). The van der Waals surface area contributed by atoms with E-state index >= 15 is 0 Å². The summed E-state index contributed by atoms with van der Waals surface area (Å²) in [6.07, 6.45) is 0.998.